The molecular formula is C10H14N3OP. The van der Waals surface area contributed by atoms with Crippen molar-refractivity contribution in [3.63, 3.8) is 0 Å². The lowest BCUT2D eigenvalue weighted by Gasteiger charge is -2.10. The fourth-order valence-electron chi connectivity index (χ4n) is 1.24. The van der Waals surface area contributed by atoms with Gasteiger partial charge in [0, 0.05) is 12.1 Å². The molecule has 1 aromatic heterocycles. The summed E-state index contributed by atoms with van der Waals surface area (Å²) in [5.74, 6) is 0.936. The van der Waals surface area contributed by atoms with Gasteiger partial charge in [-0.05, 0) is 13.0 Å². The van der Waals surface area contributed by atoms with Gasteiger partial charge in [0.05, 0.1) is 5.28 Å². The standard InChI is InChI=1S/C10H14N3OP/c1-6(2)8-12-7-9(14-8)11-5-4-10(3,15)13-7/h4-6H,15H2,1-3H3. The lowest BCUT2D eigenvalue weighted by atomic mass is 10.2. The van der Waals surface area contributed by atoms with Crippen LogP contribution in [-0.2, 0) is 0 Å². The van der Waals surface area contributed by atoms with E-state index in [1.54, 1.807) is 6.20 Å². The van der Waals surface area contributed by atoms with Crippen LogP contribution in [0.5, 0.6) is 0 Å². The monoisotopic (exact) mass is 223 g/mol. The van der Waals surface area contributed by atoms with Gasteiger partial charge in [0.2, 0.25) is 11.4 Å². The van der Waals surface area contributed by atoms with E-state index in [9.17, 15) is 0 Å². The van der Waals surface area contributed by atoms with E-state index >= 15 is 0 Å². The Balaban J connectivity index is 2.65. The predicted molar refractivity (Wildman–Crippen MR) is 60.2 cm³/mol. The summed E-state index contributed by atoms with van der Waals surface area (Å²) < 4.78 is 5.51. The second-order valence-corrected chi connectivity index (χ2v) is 5.29. The topological polar surface area (TPSA) is 50.8 Å². The zero-order valence-electron chi connectivity index (χ0n) is 9.06. The number of rotatable bonds is 1. The summed E-state index contributed by atoms with van der Waals surface area (Å²) in [7, 11) is 2.66. The Kier molecular flexibility index (Phi) is 2.47. The van der Waals surface area contributed by atoms with Gasteiger partial charge in [-0.2, -0.15) is 4.98 Å². The molecule has 0 saturated heterocycles. The van der Waals surface area contributed by atoms with Crippen molar-refractivity contribution in [1.82, 2.24) is 4.98 Å². The molecule has 4 nitrogen and oxygen atoms in total. The number of aromatic nitrogens is 1. The van der Waals surface area contributed by atoms with Crippen molar-refractivity contribution in [2.45, 2.75) is 32.0 Å². The maximum absolute atomic E-state index is 5.51. The molecule has 2 atom stereocenters. The average molecular weight is 223 g/mol. The van der Waals surface area contributed by atoms with Crippen molar-refractivity contribution in [3.8, 4) is 0 Å². The van der Waals surface area contributed by atoms with Crippen molar-refractivity contribution < 1.29 is 4.42 Å². The van der Waals surface area contributed by atoms with Gasteiger partial charge in [-0.1, -0.05) is 13.8 Å². The number of hydrogen-bond acceptors (Lipinski definition) is 4. The second kappa shape index (κ2) is 3.53. The fourth-order valence-corrected chi connectivity index (χ4v) is 1.45. The maximum Gasteiger partial charge on any atom is 0.266 e. The van der Waals surface area contributed by atoms with Gasteiger partial charge in [-0.3, -0.25) is 0 Å². The van der Waals surface area contributed by atoms with Crippen molar-refractivity contribution >= 4 is 9.24 Å². The zero-order chi connectivity index (χ0) is 11.1. The van der Waals surface area contributed by atoms with Crippen LogP contribution in [0.15, 0.2) is 26.7 Å². The molecule has 0 amide bonds. The van der Waals surface area contributed by atoms with E-state index in [2.05, 4.69) is 24.2 Å². The summed E-state index contributed by atoms with van der Waals surface area (Å²) >= 11 is 0. The first-order valence-electron chi connectivity index (χ1n) is 4.89. The first-order chi connectivity index (χ1) is 6.98. The van der Waals surface area contributed by atoms with E-state index in [1.807, 2.05) is 26.8 Å². The quantitative estimate of drug-likeness (QED) is 0.671. The summed E-state index contributed by atoms with van der Waals surface area (Å²) in [5.41, 5.74) is 1.09. The molecule has 5 heteroatoms. The van der Waals surface area contributed by atoms with Crippen LogP contribution in [0.4, 0.5) is 0 Å². The van der Waals surface area contributed by atoms with Crippen LogP contribution < -0.4 is 11.0 Å². The summed E-state index contributed by atoms with van der Waals surface area (Å²) in [6.45, 7) is 6.03. The third-order valence-corrected chi connectivity index (χ3v) is 2.37. The summed E-state index contributed by atoms with van der Waals surface area (Å²) in [6, 6.07) is 0. The van der Waals surface area contributed by atoms with Gasteiger partial charge in [-0.15, -0.1) is 9.24 Å². The minimum absolute atomic E-state index is 0.252. The Bertz CT molecular complexity index is 513. The van der Waals surface area contributed by atoms with Gasteiger partial charge in [-0.25, -0.2) is 9.98 Å². The van der Waals surface area contributed by atoms with E-state index in [0.717, 1.165) is 0 Å². The van der Waals surface area contributed by atoms with Crippen LogP contribution in [0.3, 0.4) is 0 Å². The first kappa shape index (κ1) is 10.5. The molecule has 0 bridgehead atoms. The highest BCUT2D eigenvalue weighted by atomic mass is 31.0. The van der Waals surface area contributed by atoms with Gasteiger partial charge in [0.25, 0.3) is 5.55 Å². The lowest BCUT2D eigenvalue weighted by molar-refractivity contribution is 0.435. The third-order valence-electron chi connectivity index (χ3n) is 2.05. The highest BCUT2D eigenvalue weighted by Crippen LogP contribution is 2.20. The number of fused-ring (bicyclic) bond motifs is 1. The van der Waals surface area contributed by atoms with Crippen LogP contribution in [0, 0.1) is 0 Å². The second-order valence-electron chi connectivity index (χ2n) is 4.12. The molecule has 1 aromatic rings. The molecular weight excluding hydrogens is 209 g/mol. The van der Waals surface area contributed by atoms with E-state index in [-0.39, 0.29) is 11.2 Å². The van der Waals surface area contributed by atoms with Gasteiger partial charge >= 0.3 is 0 Å². The fraction of sp³-hybridized carbons (Fsp3) is 0.500. The Morgan fingerprint density at radius 1 is 1.47 bits per heavy atom. The molecule has 0 radical (unpaired) electrons. The molecule has 80 valence electrons. The van der Waals surface area contributed by atoms with E-state index in [4.69, 9.17) is 4.42 Å². The van der Waals surface area contributed by atoms with Crippen molar-refractivity contribution in [2.75, 3.05) is 0 Å². The summed E-state index contributed by atoms with van der Waals surface area (Å²) in [5, 5.41) is -0.347. The SMILES string of the molecule is CC(C)c1nc2c(o1)=NC=CC(C)(P)N=2. The van der Waals surface area contributed by atoms with Crippen molar-refractivity contribution in [1.29, 1.82) is 0 Å². The summed E-state index contributed by atoms with van der Waals surface area (Å²) in [4.78, 5) is 12.9. The smallest absolute Gasteiger partial charge is 0.266 e. The zero-order valence-corrected chi connectivity index (χ0v) is 10.2. The van der Waals surface area contributed by atoms with E-state index < -0.39 is 0 Å². The first-order valence-corrected chi connectivity index (χ1v) is 5.47. The molecule has 0 N–H and O–H groups in total. The molecule has 15 heavy (non-hydrogen) atoms. The molecule has 2 heterocycles. The average Bonchev–Trinajstić information content (AvgIpc) is 2.42. The number of hydrogen-bond donors (Lipinski definition) is 0. The van der Waals surface area contributed by atoms with Crippen LogP contribution in [0.25, 0.3) is 0 Å². The highest BCUT2D eigenvalue weighted by Gasteiger charge is 2.16. The predicted octanol–water partition coefficient (Wildman–Crippen LogP) is 1.16. The Morgan fingerprint density at radius 2 is 2.20 bits per heavy atom. The van der Waals surface area contributed by atoms with Crippen LogP contribution in [0.2, 0.25) is 0 Å². The third kappa shape index (κ3) is 2.15. The molecule has 2 rings (SSSR count). The van der Waals surface area contributed by atoms with E-state index in [1.165, 1.54) is 0 Å². The summed E-state index contributed by atoms with van der Waals surface area (Å²) in [6.07, 6.45) is 3.60. The van der Waals surface area contributed by atoms with Crippen LogP contribution in [-0.4, -0.2) is 10.3 Å². The van der Waals surface area contributed by atoms with Crippen LogP contribution >= 0.6 is 9.24 Å². The molecule has 0 fully saturated rings. The number of oxazole rings is 1. The van der Waals surface area contributed by atoms with Crippen molar-refractivity contribution in [3.05, 3.63) is 29.2 Å². The van der Waals surface area contributed by atoms with Gasteiger partial charge in [0.1, 0.15) is 0 Å². The molecule has 0 aliphatic carbocycles. The largest absolute Gasteiger partial charge is 0.421 e. The molecule has 1 aliphatic heterocycles. The molecule has 1 aliphatic rings. The van der Waals surface area contributed by atoms with Crippen molar-refractivity contribution in [2.24, 2.45) is 9.98 Å². The minimum Gasteiger partial charge on any atom is -0.421 e. The number of nitrogens with zero attached hydrogens (tertiary/aromatic N) is 3. The van der Waals surface area contributed by atoms with Gasteiger partial charge < -0.3 is 4.42 Å². The Hall–Kier alpha value is -1.02. The minimum atomic E-state index is -0.347. The highest BCUT2D eigenvalue weighted by molar-refractivity contribution is 7.19. The lowest BCUT2D eigenvalue weighted by Crippen LogP contribution is -2.25. The molecule has 0 aromatic carbocycles. The van der Waals surface area contributed by atoms with Gasteiger partial charge in [0.15, 0.2) is 0 Å². The van der Waals surface area contributed by atoms with Crippen LogP contribution in [0.1, 0.15) is 32.6 Å². The maximum atomic E-state index is 5.51. The normalized spacial score (nSPS) is 24.3. The molecule has 2 unspecified atom stereocenters. The van der Waals surface area contributed by atoms with E-state index in [0.29, 0.717) is 16.9 Å². The molecule has 0 spiro atoms. The Morgan fingerprint density at radius 3 is 2.87 bits per heavy atom. The Labute approximate surface area is 90.4 Å². The molecule has 0 saturated carbocycles.